The smallest absolute Gasteiger partial charge is 0.193 e. The highest BCUT2D eigenvalue weighted by Gasteiger charge is 2.31. The van der Waals surface area contributed by atoms with E-state index in [0.717, 1.165) is 58.1 Å². The second kappa shape index (κ2) is 12.2. The number of nitrogens with zero attached hydrogens (tertiary/aromatic N) is 3. The van der Waals surface area contributed by atoms with Gasteiger partial charge in [-0.25, -0.2) is 0 Å². The molecule has 0 amide bonds. The number of hydrogen-bond donors (Lipinski definition) is 2. The Morgan fingerprint density at radius 2 is 1.83 bits per heavy atom. The Labute approximate surface area is 200 Å². The van der Waals surface area contributed by atoms with Gasteiger partial charge in [0.25, 0.3) is 0 Å². The molecule has 2 aliphatic heterocycles. The Kier molecular flexibility index (Phi) is 10.4. The molecule has 30 heavy (non-hydrogen) atoms. The number of hydrogen-bond acceptors (Lipinski definition) is 3. The van der Waals surface area contributed by atoms with Gasteiger partial charge in [0.05, 0.1) is 6.10 Å². The number of aliphatic hydroxyl groups excluding tert-OH is 1. The minimum absolute atomic E-state index is 0. The zero-order valence-electron chi connectivity index (χ0n) is 19.1. The number of aliphatic hydroxyl groups is 1. The summed E-state index contributed by atoms with van der Waals surface area (Å²) >= 11 is 0. The minimum Gasteiger partial charge on any atom is -0.393 e. The molecule has 2 heterocycles. The number of likely N-dealkylation sites (tertiary alicyclic amines) is 2. The van der Waals surface area contributed by atoms with E-state index in [0.29, 0.717) is 5.41 Å². The van der Waals surface area contributed by atoms with E-state index in [1.807, 2.05) is 7.05 Å². The summed E-state index contributed by atoms with van der Waals surface area (Å²) in [6.45, 7) is 10.7. The van der Waals surface area contributed by atoms with Gasteiger partial charge in [-0.05, 0) is 48.6 Å². The second-order valence-electron chi connectivity index (χ2n) is 9.31. The summed E-state index contributed by atoms with van der Waals surface area (Å²) in [5, 5.41) is 13.2. The molecule has 1 atom stereocenters. The van der Waals surface area contributed by atoms with E-state index in [2.05, 4.69) is 58.2 Å². The van der Waals surface area contributed by atoms with E-state index in [4.69, 9.17) is 0 Å². The van der Waals surface area contributed by atoms with Crippen LogP contribution in [0.5, 0.6) is 0 Å². The van der Waals surface area contributed by atoms with Crippen LogP contribution in [0.2, 0.25) is 0 Å². The van der Waals surface area contributed by atoms with E-state index in [1.165, 1.54) is 36.8 Å². The van der Waals surface area contributed by atoms with Crippen LogP contribution in [0.3, 0.4) is 0 Å². The van der Waals surface area contributed by atoms with Gasteiger partial charge >= 0.3 is 0 Å². The number of aliphatic imine (C=N–C) groups is 1. The fraction of sp³-hybridized carbons (Fsp3) is 0.708. The number of guanidine groups is 1. The minimum atomic E-state index is -0.103. The lowest BCUT2D eigenvalue weighted by Gasteiger charge is -2.42. The number of piperidine rings is 2. The maximum atomic E-state index is 9.66. The summed E-state index contributed by atoms with van der Waals surface area (Å²) in [6, 6.07) is 8.94. The first kappa shape index (κ1) is 25.4. The van der Waals surface area contributed by atoms with Gasteiger partial charge in [0, 0.05) is 46.3 Å². The van der Waals surface area contributed by atoms with Crippen LogP contribution in [-0.2, 0) is 13.1 Å². The van der Waals surface area contributed by atoms with Crippen molar-refractivity contribution in [2.75, 3.05) is 33.2 Å². The van der Waals surface area contributed by atoms with E-state index in [9.17, 15) is 5.11 Å². The van der Waals surface area contributed by atoms with Crippen molar-refractivity contribution in [3.63, 3.8) is 0 Å². The molecule has 0 saturated carbocycles. The molecular weight excluding hydrogens is 487 g/mol. The van der Waals surface area contributed by atoms with Gasteiger partial charge in [0.2, 0.25) is 0 Å². The monoisotopic (exact) mass is 528 g/mol. The van der Waals surface area contributed by atoms with Gasteiger partial charge in [-0.3, -0.25) is 9.89 Å². The molecule has 0 aliphatic carbocycles. The van der Waals surface area contributed by atoms with Crippen molar-refractivity contribution in [1.82, 2.24) is 15.1 Å². The predicted molar refractivity (Wildman–Crippen MR) is 136 cm³/mol. The molecule has 0 radical (unpaired) electrons. The van der Waals surface area contributed by atoms with Gasteiger partial charge in [0.15, 0.2) is 5.96 Å². The highest BCUT2D eigenvalue weighted by molar-refractivity contribution is 14.0. The summed E-state index contributed by atoms with van der Waals surface area (Å²) in [7, 11) is 1.90. The maximum absolute atomic E-state index is 9.66. The molecule has 6 heteroatoms. The second-order valence-corrected chi connectivity index (χ2v) is 9.31. The van der Waals surface area contributed by atoms with E-state index in [1.54, 1.807) is 0 Å². The van der Waals surface area contributed by atoms with Gasteiger partial charge in [0.1, 0.15) is 0 Å². The molecule has 5 nitrogen and oxygen atoms in total. The first-order valence-corrected chi connectivity index (χ1v) is 11.5. The van der Waals surface area contributed by atoms with Crippen molar-refractivity contribution in [1.29, 1.82) is 0 Å². The van der Waals surface area contributed by atoms with Crippen molar-refractivity contribution in [3.05, 3.63) is 35.4 Å². The lowest BCUT2D eigenvalue weighted by Crippen LogP contribution is -2.49. The number of benzene rings is 1. The Bertz CT molecular complexity index is 654. The molecule has 1 unspecified atom stereocenters. The molecule has 1 aromatic carbocycles. The average Bonchev–Trinajstić information content (AvgIpc) is 2.71. The molecule has 0 bridgehead atoms. The Morgan fingerprint density at radius 1 is 1.17 bits per heavy atom. The fourth-order valence-corrected chi connectivity index (χ4v) is 4.92. The van der Waals surface area contributed by atoms with E-state index in [-0.39, 0.29) is 30.1 Å². The molecule has 2 fully saturated rings. The van der Waals surface area contributed by atoms with Crippen LogP contribution >= 0.6 is 24.0 Å². The molecule has 2 saturated heterocycles. The summed E-state index contributed by atoms with van der Waals surface area (Å²) in [4.78, 5) is 9.44. The zero-order valence-corrected chi connectivity index (χ0v) is 21.4. The molecule has 1 aromatic rings. The standard InChI is InChI=1S/C24H40N4O.HI/c1-4-12-24(2)13-5-14-28(19-24)23(25-3)26-17-20-6-8-21(9-7-20)18-27-15-10-22(29)11-16-27;/h6-9,22,29H,4-5,10-19H2,1-3H3,(H,25,26);1H. The quantitative estimate of drug-likeness (QED) is 0.330. The Balaban J connectivity index is 0.00000320. The maximum Gasteiger partial charge on any atom is 0.193 e. The van der Waals surface area contributed by atoms with Crippen molar-refractivity contribution >= 4 is 29.9 Å². The van der Waals surface area contributed by atoms with Gasteiger partial charge in [-0.2, -0.15) is 0 Å². The van der Waals surface area contributed by atoms with Gasteiger partial charge < -0.3 is 15.3 Å². The Hall–Kier alpha value is -0.860. The molecular formula is C24H41IN4O. The fourth-order valence-electron chi connectivity index (χ4n) is 4.92. The number of nitrogens with one attached hydrogen (secondary N) is 1. The van der Waals surface area contributed by atoms with Crippen LogP contribution in [-0.4, -0.2) is 60.2 Å². The largest absolute Gasteiger partial charge is 0.393 e. The molecule has 2 aliphatic rings. The lowest BCUT2D eigenvalue weighted by atomic mass is 9.78. The first-order chi connectivity index (χ1) is 14.0. The molecule has 2 N–H and O–H groups in total. The van der Waals surface area contributed by atoms with Crippen LogP contribution < -0.4 is 5.32 Å². The summed E-state index contributed by atoms with van der Waals surface area (Å²) in [6.07, 6.45) is 6.81. The SMILES string of the molecule is CCCC1(C)CCCN(C(=NC)NCc2ccc(CN3CCC(O)CC3)cc2)C1.I. The molecule has 0 spiro atoms. The predicted octanol–water partition coefficient (Wildman–Crippen LogP) is 4.24. The van der Waals surface area contributed by atoms with E-state index < -0.39 is 0 Å². The summed E-state index contributed by atoms with van der Waals surface area (Å²) in [5.41, 5.74) is 3.05. The van der Waals surface area contributed by atoms with Gasteiger partial charge in [-0.15, -0.1) is 24.0 Å². The average molecular weight is 529 g/mol. The number of rotatable bonds is 6. The zero-order chi connectivity index (χ0) is 20.7. The third-order valence-corrected chi connectivity index (χ3v) is 6.58. The third kappa shape index (κ3) is 7.38. The van der Waals surface area contributed by atoms with Crippen LogP contribution in [0.4, 0.5) is 0 Å². The van der Waals surface area contributed by atoms with Crippen molar-refractivity contribution in [2.24, 2.45) is 10.4 Å². The Morgan fingerprint density at radius 3 is 2.47 bits per heavy atom. The van der Waals surface area contributed by atoms with Crippen LogP contribution in [0.25, 0.3) is 0 Å². The molecule has 3 rings (SSSR count). The first-order valence-electron chi connectivity index (χ1n) is 11.5. The van der Waals surface area contributed by atoms with Crippen molar-refractivity contribution in [2.45, 2.75) is 71.6 Å². The van der Waals surface area contributed by atoms with Gasteiger partial charge in [-0.1, -0.05) is 44.5 Å². The van der Waals surface area contributed by atoms with E-state index >= 15 is 0 Å². The normalized spacial score (nSPS) is 23.9. The summed E-state index contributed by atoms with van der Waals surface area (Å²) < 4.78 is 0. The topological polar surface area (TPSA) is 51.1 Å². The van der Waals surface area contributed by atoms with Crippen molar-refractivity contribution < 1.29 is 5.11 Å². The number of halogens is 1. The van der Waals surface area contributed by atoms with Crippen LogP contribution in [0.1, 0.15) is 63.5 Å². The highest BCUT2D eigenvalue weighted by Crippen LogP contribution is 2.33. The van der Waals surface area contributed by atoms with Crippen LogP contribution in [0, 0.1) is 5.41 Å². The van der Waals surface area contributed by atoms with Crippen LogP contribution in [0.15, 0.2) is 29.3 Å². The molecule has 170 valence electrons. The third-order valence-electron chi connectivity index (χ3n) is 6.58. The summed E-state index contributed by atoms with van der Waals surface area (Å²) in [5.74, 6) is 1.03. The lowest BCUT2D eigenvalue weighted by molar-refractivity contribution is 0.0792. The van der Waals surface area contributed by atoms with Crippen molar-refractivity contribution in [3.8, 4) is 0 Å². The highest BCUT2D eigenvalue weighted by atomic mass is 127. The molecule has 0 aromatic heterocycles.